The number of carboxylic acids is 6. The van der Waals surface area contributed by atoms with Crippen LogP contribution >= 0.6 is 0 Å². The van der Waals surface area contributed by atoms with Gasteiger partial charge in [-0.1, -0.05) is 122 Å². The van der Waals surface area contributed by atoms with Crippen LogP contribution in [0.1, 0.15) is 233 Å². The molecule has 0 aliphatic heterocycles. The number of unbranched alkanes of at least 4 members (excludes halogenated alkanes) is 18. The number of hydrogen-bond donors (Lipinski definition) is 8. The Labute approximate surface area is 435 Å². The number of aliphatic carboxylic acids is 6. The molecule has 0 spiro atoms. The highest BCUT2D eigenvalue weighted by Crippen LogP contribution is 2.29. The summed E-state index contributed by atoms with van der Waals surface area (Å²) in [4.78, 5) is 111. The molecule has 1 aromatic rings. The Bertz CT molecular complexity index is 1620. The molecule has 0 aliphatic rings. The molecule has 0 aliphatic carbocycles. The highest BCUT2D eigenvalue weighted by Gasteiger charge is 2.37. The predicted octanol–water partition coefficient (Wildman–Crippen LogP) is 5.47. The van der Waals surface area contributed by atoms with Crippen LogP contribution in [0.2, 0.25) is 0 Å². The van der Waals surface area contributed by atoms with Gasteiger partial charge in [0.25, 0.3) is 11.8 Å². The average molecular weight is 1120 g/mol. The fraction of sp³-hybridized carbons (Fsp3) is 0.725. The van der Waals surface area contributed by atoms with E-state index in [1.165, 1.54) is 107 Å². The minimum atomic E-state index is -1.64. The topological polar surface area (TPSA) is 312 Å². The highest BCUT2D eigenvalue weighted by atomic mass is 127. The Kier molecular flexibility index (Phi) is 36.1. The second kappa shape index (κ2) is 38.7. The third kappa shape index (κ3) is 33.4. The van der Waals surface area contributed by atoms with E-state index in [1.54, 1.807) is 0 Å². The number of carboxylic acid groups (broad SMARTS) is 6. The lowest BCUT2D eigenvalue weighted by molar-refractivity contribution is -0.698. The summed E-state index contributed by atoms with van der Waals surface area (Å²) in [5.74, 6) is -10.1. The van der Waals surface area contributed by atoms with Crippen LogP contribution in [0.15, 0.2) is 18.5 Å². The Morgan fingerprint density at radius 2 is 0.704 bits per heavy atom. The Balaban J connectivity index is 0.0000490. The molecular formula is C51H82IN3O16. The Morgan fingerprint density at radius 3 is 0.972 bits per heavy atom. The summed E-state index contributed by atoms with van der Waals surface area (Å²) >= 11 is 0. The SMILES string of the molecule is CCCCCCCCCCCCCCCCCCCCCC(=O)OCC[n+]1cc(C(=O)NC(CCC(=O)O)(CCC(=O)O)CCC(=O)O)cc(C(=O)NC(CCC(=O)O)(CCC(=O)O)CCC(=O)O)c1.[I-]. The Morgan fingerprint density at radius 1 is 0.437 bits per heavy atom. The quantitative estimate of drug-likeness (QED) is 0.0174. The van der Waals surface area contributed by atoms with Crippen molar-refractivity contribution in [2.75, 3.05) is 6.61 Å². The van der Waals surface area contributed by atoms with Crippen LogP contribution in [0.5, 0.6) is 0 Å². The van der Waals surface area contributed by atoms with Crippen molar-refractivity contribution in [2.45, 2.75) is 230 Å². The molecule has 1 heterocycles. The molecule has 1 aromatic heterocycles. The molecular weight excluding hydrogens is 1040 g/mol. The number of nitrogens with one attached hydrogen (secondary N) is 2. The van der Waals surface area contributed by atoms with Crippen LogP contribution in [0.3, 0.4) is 0 Å². The van der Waals surface area contributed by atoms with Gasteiger partial charge in [-0.15, -0.1) is 0 Å². The van der Waals surface area contributed by atoms with Gasteiger partial charge in [0, 0.05) is 56.0 Å². The lowest BCUT2D eigenvalue weighted by Crippen LogP contribution is -3.00. The van der Waals surface area contributed by atoms with Gasteiger partial charge in [0.2, 0.25) is 0 Å². The fourth-order valence-electron chi connectivity index (χ4n) is 8.53. The molecule has 0 bridgehead atoms. The van der Waals surface area contributed by atoms with Gasteiger partial charge in [0.1, 0.15) is 11.1 Å². The first-order valence-corrected chi connectivity index (χ1v) is 25.5. The number of hydrogen-bond acceptors (Lipinski definition) is 10. The maximum atomic E-state index is 14.1. The summed E-state index contributed by atoms with van der Waals surface area (Å²) in [6.07, 6.45) is 20.5. The number of halogens is 1. The van der Waals surface area contributed by atoms with E-state index in [-0.39, 0.29) is 93.2 Å². The number of esters is 1. The average Bonchev–Trinajstić information content (AvgIpc) is 3.30. The van der Waals surface area contributed by atoms with Gasteiger partial charge in [-0.2, -0.15) is 4.57 Å². The number of ether oxygens (including phenoxy) is 1. The number of rotatable bonds is 45. The van der Waals surface area contributed by atoms with Gasteiger partial charge in [0.05, 0.1) is 0 Å². The van der Waals surface area contributed by atoms with Crippen LogP contribution in [0.4, 0.5) is 0 Å². The van der Waals surface area contributed by atoms with Crippen molar-refractivity contribution < 1.29 is 107 Å². The van der Waals surface area contributed by atoms with Crippen LogP contribution < -0.4 is 39.2 Å². The van der Waals surface area contributed by atoms with Crippen LogP contribution in [0, 0.1) is 0 Å². The van der Waals surface area contributed by atoms with Crippen molar-refractivity contribution in [2.24, 2.45) is 0 Å². The molecule has 0 radical (unpaired) electrons. The summed E-state index contributed by atoms with van der Waals surface area (Å²) in [6.45, 7) is 1.94. The predicted molar refractivity (Wildman–Crippen MR) is 257 cm³/mol. The summed E-state index contributed by atoms with van der Waals surface area (Å²) in [5, 5.41) is 62.1. The summed E-state index contributed by atoms with van der Waals surface area (Å²) in [7, 11) is 0. The zero-order valence-corrected chi connectivity index (χ0v) is 44.0. The minimum Gasteiger partial charge on any atom is -1.00 e. The van der Waals surface area contributed by atoms with E-state index in [0.29, 0.717) is 6.42 Å². The molecule has 0 fully saturated rings. The smallest absolute Gasteiger partial charge is 0.306 e. The summed E-state index contributed by atoms with van der Waals surface area (Å²) in [5.41, 5.74) is -3.77. The number of aromatic nitrogens is 1. The monoisotopic (exact) mass is 1120 g/mol. The van der Waals surface area contributed by atoms with Crippen molar-refractivity contribution in [3.05, 3.63) is 29.6 Å². The largest absolute Gasteiger partial charge is 1.00 e. The molecule has 1 rings (SSSR count). The van der Waals surface area contributed by atoms with Gasteiger partial charge < -0.3 is 70.0 Å². The molecule has 404 valence electrons. The molecule has 0 atom stereocenters. The van der Waals surface area contributed by atoms with Crippen molar-refractivity contribution in [3.63, 3.8) is 0 Å². The van der Waals surface area contributed by atoms with E-state index in [4.69, 9.17) is 4.74 Å². The molecule has 0 aromatic carbocycles. The minimum absolute atomic E-state index is 0. The van der Waals surface area contributed by atoms with Gasteiger partial charge >= 0.3 is 41.8 Å². The van der Waals surface area contributed by atoms with Gasteiger partial charge in [0.15, 0.2) is 25.5 Å². The number of carbonyl (C=O) groups is 9. The molecule has 20 heteroatoms. The second-order valence-corrected chi connectivity index (χ2v) is 18.7. The van der Waals surface area contributed by atoms with Crippen LogP contribution in [-0.2, 0) is 44.8 Å². The standard InChI is InChI=1S/C51H81N3O16.HI/c1-2-3-4-5-6-7-8-9-10-11-12-13-14-15-16-17-18-19-20-21-47(67)70-35-34-54-37-39(48(68)52-50(28-22-41(55)56,29-23-42(57)58)30-24-43(59)60)36-40(38-54)49(69)53-51(31-25-44(61)62,32-26-45(63)64)33-27-46(65)66;/h36-38H,2-35H2,1H3,(H7-,52,53,55,56,57,58,59,60,61,62,63,64,65,66,68,69);1H. The number of pyridine rings is 1. The van der Waals surface area contributed by atoms with Crippen LogP contribution in [0.25, 0.3) is 0 Å². The lowest BCUT2D eigenvalue weighted by atomic mass is 9.83. The summed E-state index contributed by atoms with van der Waals surface area (Å²) in [6, 6.07) is 1.11. The van der Waals surface area contributed by atoms with Crippen molar-refractivity contribution in [3.8, 4) is 0 Å². The normalized spacial score (nSPS) is 11.3. The first kappa shape index (κ1) is 66.1. The summed E-state index contributed by atoms with van der Waals surface area (Å²) < 4.78 is 6.82. The zero-order chi connectivity index (χ0) is 52.2. The first-order valence-electron chi connectivity index (χ1n) is 25.5. The molecule has 71 heavy (non-hydrogen) atoms. The van der Waals surface area contributed by atoms with E-state index in [0.717, 1.165) is 31.7 Å². The number of carbonyl (C=O) groups excluding carboxylic acids is 3. The molecule has 0 unspecified atom stereocenters. The molecule has 0 saturated carbocycles. The lowest BCUT2D eigenvalue weighted by Gasteiger charge is -2.34. The first-order chi connectivity index (χ1) is 33.3. The molecule has 0 saturated heterocycles. The van der Waals surface area contributed by atoms with Crippen molar-refractivity contribution in [1.29, 1.82) is 0 Å². The van der Waals surface area contributed by atoms with E-state index >= 15 is 0 Å². The third-order valence-corrected chi connectivity index (χ3v) is 12.7. The maximum Gasteiger partial charge on any atom is 0.306 e. The van der Waals surface area contributed by atoms with E-state index < -0.39 is 103 Å². The number of amides is 2. The van der Waals surface area contributed by atoms with Crippen molar-refractivity contribution in [1.82, 2.24) is 10.6 Å². The van der Waals surface area contributed by atoms with Gasteiger partial charge in [-0.05, 0) is 51.0 Å². The third-order valence-electron chi connectivity index (χ3n) is 12.7. The maximum absolute atomic E-state index is 14.1. The Hall–Kier alpha value is -4.89. The molecule has 8 N–H and O–H groups in total. The van der Waals surface area contributed by atoms with E-state index in [2.05, 4.69) is 17.6 Å². The second-order valence-electron chi connectivity index (χ2n) is 18.7. The molecule has 19 nitrogen and oxygen atoms in total. The van der Waals surface area contributed by atoms with Gasteiger partial charge in [-0.3, -0.25) is 43.2 Å². The van der Waals surface area contributed by atoms with Gasteiger partial charge in [-0.25, -0.2) is 0 Å². The van der Waals surface area contributed by atoms with E-state index in [1.807, 2.05) is 0 Å². The van der Waals surface area contributed by atoms with Crippen molar-refractivity contribution >= 4 is 53.6 Å². The fourth-order valence-corrected chi connectivity index (χ4v) is 8.53. The van der Waals surface area contributed by atoms with Crippen LogP contribution in [-0.4, -0.2) is 102 Å². The highest BCUT2D eigenvalue weighted by molar-refractivity contribution is 5.99. The zero-order valence-electron chi connectivity index (χ0n) is 41.9. The van der Waals surface area contributed by atoms with E-state index in [9.17, 15) is 73.8 Å². The number of nitrogens with zero attached hydrogens (tertiary/aromatic N) is 1. The molecule has 2 amide bonds.